The van der Waals surface area contributed by atoms with Gasteiger partial charge >= 0.3 is 5.97 Å². The monoisotopic (exact) mass is 580 g/mol. The Kier molecular flexibility index (Phi) is 8.80. The van der Waals surface area contributed by atoms with Crippen LogP contribution in [0.25, 0.3) is 10.9 Å². The molecule has 5 rings (SSSR count). The molecule has 3 aliphatic rings. The van der Waals surface area contributed by atoms with Gasteiger partial charge in [0.25, 0.3) is 5.91 Å². The van der Waals surface area contributed by atoms with E-state index in [1.807, 2.05) is 18.2 Å². The van der Waals surface area contributed by atoms with Gasteiger partial charge in [-0.25, -0.2) is 4.79 Å². The molecule has 2 saturated carbocycles. The van der Waals surface area contributed by atoms with Crippen LogP contribution in [-0.4, -0.2) is 58.0 Å². The maximum absolute atomic E-state index is 13.8. The van der Waals surface area contributed by atoms with Crippen LogP contribution in [0.3, 0.4) is 0 Å². The van der Waals surface area contributed by atoms with Crippen LogP contribution in [0.5, 0.6) is 5.75 Å². The number of aliphatic carboxylic acids is 1. The number of methoxy groups -OCH3 is 1. The number of carbonyl (C=O) groups excluding carboxylic acids is 3. The normalized spacial score (nSPS) is 22.7. The highest BCUT2D eigenvalue weighted by molar-refractivity contribution is 6.02. The van der Waals surface area contributed by atoms with E-state index in [4.69, 9.17) is 4.74 Å². The van der Waals surface area contributed by atoms with Crippen LogP contribution in [0.15, 0.2) is 24.3 Å². The second-order valence-corrected chi connectivity index (χ2v) is 12.9. The molecular formula is C32H44N4O6. The van der Waals surface area contributed by atoms with Crippen LogP contribution in [0, 0.1) is 11.8 Å². The van der Waals surface area contributed by atoms with E-state index in [2.05, 4.69) is 20.9 Å². The Morgan fingerprint density at radius 1 is 1.12 bits per heavy atom. The number of carbonyl (C=O) groups is 4. The summed E-state index contributed by atoms with van der Waals surface area (Å²) in [5.41, 5.74) is -0.902. The maximum Gasteiger partial charge on any atom is 0.329 e. The molecule has 1 aromatic carbocycles. The molecular weight excluding hydrogens is 536 g/mol. The topological polar surface area (TPSA) is 150 Å². The Morgan fingerprint density at radius 3 is 2.52 bits per heavy atom. The zero-order valence-electron chi connectivity index (χ0n) is 24.7. The van der Waals surface area contributed by atoms with Gasteiger partial charge in [-0.1, -0.05) is 57.4 Å². The fraction of sp³-hybridized carbons (Fsp3) is 0.625. The van der Waals surface area contributed by atoms with Gasteiger partial charge in [-0.15, -0.1) is 0 Å². The Morgan fingerprint density at radius 2 is 1.83 bits per heavy atom. The molecule has 5 N–H and O–H groups in total. The summed E-state index contributed by atoms with van der Waals surface area (Å²) in [5, 5.41) is 19.8. The lowest BCUT2D eigenvalue weighted by Crippen LogP contribution is -2.59. The number of carboxylic acid groups (broad SMARTS) is 1. The van der Waals surface area contributed by atoms with Crippen molar-refractivity contribution in [1.29, 1.82) is 0 Å². The molecule has 1 saturated heterocycles. The van der Waals surface area contributed by atoms with Crippen LogP contribution in [0.1, 0.15) is 101 Å². The second kappa shape index (κ2) is 12.4. The number of benzene rings is 1. The molecule has 3 amide bonds. The molecule has 0 bridgehead atoms. The third-order valence-corrected chi connectivity index (χ3v) is 9.74. The number of aromatic nitrogens is 1. The molecule has 228 valence electrons. The Hall–Kier alpha value is -3.56. The first-order valence-corrected chi connectivity index (χ1v) is 15.5. The molecule has 2 unspecified atom stereocenters. The SMILES string of the molecule is COc1cccc2[nH]c(C(=O)N[C@@H](CC3CCCCC3)C(=O)NC(C)(CC3CC4(CCCCC4)NC3=O)C(=O)O)cc12. The summed E-state index contributed by atoms with van der Waals surface area (Å²) >= 11 is 0. The molecule has 10 nitrogen and oxygen atoms in total. The highest BCUT2D eigenvalue weighted by Gasteiger charge is 2.49. The number of ether oxygens (including phenoxy) is 1. The van der Waals surface area contributed by atoms with E-state index < -0.39 is 35.3 Å². The van der Waals surface area contributed by atoms with Crippen molar-refractivity contribution in [3.8, 4) is 5.75 Å². The van der Waals surface area contributed by atoms with Crippen LogP contribution >= 0.6 is 0 Å². The van der Waals surface area contributed by atoms with Crippen molar-refractivity contribution in [2.75, 3.05) is 7.11 Å². The first kappa shape index (κ1) is 29.9. The maximum atomic E-state index is 13.8. The van der Waals surface area contributed by atoms with Gasteiger partial charge in [-0.05, 0) is 63.1 Å². The van der Waals surface area contributed by atoms with E-state index in [-0.39, 0.29) is 29.5 Å². The van der Waals surface area contributed by atoms with Crippen molar-refractivity contribution < 1.29 is 29.0 Å². The number of aromatic amines is 1. The van der Waals surface area contributed by atoms with Gasteiger partial charge in [0.15, 0.2) is 0 Å². The van der Waals surface area contributed by atoms with E-state index in [9.17, 15) is 24.3 Å². The van der Waals surface area contributed by atoms with Crippen LogP contribution in [0.4, 0.5) is 0 Å². The van der Waals surface area contributed by atoms with Crippen LogP contribution in [-0.2, 0) is 14.4 Å². The highest BCUT2D eigenvalue weighted by atomic mass is 16.5. The Bertz CT molecular complexity index is 1330. The first-order valence-electron chi connectivity index (χ1n) is 15.5. The predicted octanol–water partition coefficient (Wildman–Crippen LogP) is 4.43. The molecule has 3 atom stereocenters. The number of fused-ring (bicyclic) bond motifs is 1. The van der Waals surface area contributed by atoms with Crippen LogP contribution in [0.2, 0.25) is 0 Å². The number of rotatable bonds is 10. The van der Waals surface area contributed by atoms with Crippen molar-refractivity contribution >= 4 is 34.6 Å². The number of nitrogens with one attached hydrogen (secondary N) is 4. The summed E-state index contributed by atoms with van der Waals surface area (Å²) in [6.45, 7) is 1.47. The number of amides is 3. The lowest BCUT2D eigenvalue weighted by atomic mass is 9.77. The number of H-pyrrole nitrogens is 1. The van der Waals surface area contributed by atoms with Crippen molar-refractivity contribution in [1.82, 2.24) is 20.9 Å². The smallest absolute Gasteiger partial charge is 0.329 e. The van der Waals surface area contributed by atoms with Gasteiger partial charge < -0.3 is 30.8 Å². The lowest BCUT2D eigenvalue weighted by Gasteiger charge is -2.34. The molecule has 3 fully saturated rings. The summed E-state index contributed by atoms with van der Waals surface area (Å²) < 4.78 is 5.42. The van der Waals surface area contributed by atoms with E-state index in [0.717, 1.165) is 75.1 Å². The number of hydrogen-bond acceptors (Lipinski definition) is 5. The lowest BCUT2D eigenvalue weighted by molar-refractivity contribution is -0.148. The van der Waals surface area contributed by atoms with Gasteiger partial charge in [0.2, 0.25) is 11.8 Å². The summed E-state index contributed by atoms with van der Waals surface area (Å²) in [5.74, 6) is -1.95. The predicted molar refractivity (Wildman–Crippen MR) is 158 cm³/mol. The van der Waals surface area contributed by atoms with Crippen molar-refractivity contribution in [2.45, 2.75) is 108 Å². The summed E-state index contributed by atoms with van der Waals surface area (Å²) in [7, 11) is 1.57. The average molecular weight is 581 g/mol. The van der Waals surface area contributed by atoms with Gasteiger partial charge in [0.1, 0.15) is 23.0 Å². The van der Waals surface area contributed by atoms with Crippen molar-refractivity contribution in [3.05, 3.63) is 30.0 Å². The minimum atomic E-state index is -1.66. The van der Waals surface area contributed by atoms with E-state index in [0.29, 0.717) is 18.6 Å². The fourth-order valence-electron chi connectivity index (χ4n) is 7.40. The van der Waals surface area contributed by atoms with Crippen LogP contribution < -0.4 is 20.7 Å². The minimum absolute atomic E-state index is 0.00638. The second-order valence-electron chi connectivity index (χ2n) is 12.9. The summed E-state index contributed by atoms with van der Waals surface area (Å²) in [6, 6.07) is 6.25. The van der Waals surface area contributed by atoms with Gasteiger partial charge in [-0.3, -0.25) is 14.4 Å². The van der Waals surface area contributed by atoms with Crippen molar-refractivity contribution in [2.24, 2.45) is 11.8 Å². The average Bonchev–Trinajstić information content (AvgIpc) is 3.54. The van der Waals surface area contributed by atoms with E-state index in [1.165, 1.54) is 6.92 Å². The molecule has 2 heterocycles. The molecule has 1 aliphatic heterocycles. The summed E-state index contributed by atoms with van der Waals surface area (Å²) in [6.07, 6.45) is 11.3. The molecule has 1 aromatic heterocycles. The third kappa shape index (κ3) is 6.42. The zero-order valence-corrected chi connectivity index (χ0v) is 24.7. The molecule has 1 spiro atoms. The Labute approximate surface area is 246 Å². The third-order valence-electron chi connectivity index (χ3n) is 9.74. The number of carboxylic acids is 1. The highest BCUT2D eigenvalue weighted by Crippen LogP contribution is 2.40. The largest absolute Gasteiger partial charge is 0.496 e. The standard InChI is InChI=1S/C32H44N4O6/c1-31(30(40)41,18-21-19-32(36-27(21)37)14-7-4-8-15-32)35-29(39)24(16-20-10-5-3-6-11-20)34-28(38)25-17-22-23(33-25)12-9-13-26(22)42-2/h9,12-13,17,20-21,24,33H,3-8,10-11,14-16,18-19H2,1-2H3,(H,34,38)(H,35,39)(H,36,37)(H,40,41)/t21?,24-,31?/m0/s1. The van der Waals surface area contributed by atoms with E-state index in [1.54, 1.807) is 13.2 Å². The minimum Gasteiger partial charge on any atom is -0.496 e. The van der Waals surface area contributed by atoms with Crippen molar-refractivity contribution in [3.63, 3.8) is 0 Å². The quantitative estimate of drug-likeness (QED) is 0.281. The first-order chi connectivity index (χ1) is 20.1. The van der Waals surface area contributed by atoms with E-state index >= 15 is 0 Å². The zero-order chi connectivity index (χ0) is 29.9. The Balaban J connectivity index is 1.33. The summed E-state index contributed by atoms with van der Waals surface area (Å²) in [4.78, 5) is 55.9. The molecule has 2 aliphatic carbocycles. The van der Waals surface area contributed by atoms with Gasteiger partial charge in [-0.2, -0.15) is 0 Å². The molecule has 42 heavy (non-hydrogen) atoms. The molecule has 0 radical (unpaired) electrons. The molecule has 2 aromatic rings. The van der Waals surface area contributed by atoms with Gasteiger partial charge in [0, 0.05) is 22.4 Å². The molecule has 10 heteroatoms. The number of hydrogen-bond donors (Lipinski definition) is 5. The fourth-order valence-corrected chi connectivity index (χ4v) is 7.40. The van der Waals surface area contributed by atoms with Gasteiger partial charge in [0.05, 0.1) is 7.11 Å².